The van der Waals surface area contributed by atoms with Crippen molar-refractivity contribution in [1.82, 2.24) is 0 Å². The van der Waals surface area contributed by atoms with Crippen molar-refractivity contribution in [2.75, 3.05) is 0 Å². The molecule has 0 aromatic rings. The molecule has 0 bridgehead atoms. The Hall–Kier alpha value is -0.430. The van der Waals surface area contributed by atoms with Gasteiger partial charge in [0.1, 0.15) is 0 Å². The van der Waals surface area contributed by atoms with E-state index in [1.807, 2.05) is 19.9 Å². The molecule has 9 heavy (non-hydrogen) atoms. The molecule has 0 spiro atoms. The highest BCUT2D eigenvalue weighted by Gasteiger charge is 1.86. The summed E-state index contributed by atoms with van der Waals surface area (Å²) in [5.74, 6) is 0. The second-order valence-corrected chi connectivity index (χ2v) is 2.67. The van der Waals surface area contributed by atoms with Gasteiger partial charge in [-0.25, -0.2) is 0 Å². The van der Waals surface area contributed by atoms with Crippen molar-refractivity contribution in [2.45, 2.75) is 13.8 Å². The second kappa shape index (κ2) is 3.57. The zero-order valence-electron chi connectivity index (χ0n) is 5.94. The van der Waals surface area contributed by atoms with Crippen molar-refractivity contribution in [2.24, 2.45) is 0 Å². The third-order valence-corrected chi connectivity index (χ3v) is 1.19. The van der Waals surface area contributed by atoms with Crippen LogP contribution in [0.4, 0.5) is 0 Å². The van der Waals surface area contributed by atoms with E-state index >= 15 is 0 Å². The average molecular weight is 140 g/mol. The first-order valence-corrected chi connectivity index (χ1v) is 3.21. The van der Waals surface area contributed by atoms with E-state index in [9.17, 15) is 0 Å². The maximum atomic E-state index is 4.02. The van der Waals surface area contributed by atoms with Gasteiger partial charge in [-0.15, -0.1) is 12.6 Å². The van der Waals surface area contributed by atoms with Crippen LogP contribution in [0.15, 0.2) is 35.3 Å². The molecule has 0 aromatic carbocycles. The van der Waals surface area contributed by atoms with E-state index in [4.69, 9.17) is 0 Å². The van der Waals surface area contributed by atoms with Crippen LogP contribution in [0.5, 0.6) is 0 Å². The molecule has 0 radical (unpaired) electrons. The van der Waals surface area contributed by atoms with Gasteiger partial charge in [0.2, 0.25) is 0 Å². The molecule has 0 fully saturated rings. The van der Waals surface area contributed by atoms with Gasteiger partial charge in [0.25, 0.3) is 0 Å². The Morgan fingerprint density at radius 2 is 1.78 bits per heavy atom. The second-order valence-electron chi connectivity index (χ2n) is 2.10. The zero-order valence-corrected chi connectivity index (χ0v) is 6.83. The predicted molar refractivity (Wildman–Crippen MR) is 46.7 cm³/mol. The van der Waals surface area contributed by atoms with Gasteiger partial charge in [-0.2, -0.15) is 0 Å². The fourth-order valence-corrected chi connectivity index (χ4v) is 0.567. The van der Waals surface area contributed by atoms with Gasteiger partial charge in [0.15, 0.2) is 0 Å². The van der Waals surface area contributed by atoms with Crippen LogP contribution in [0, 0.1) is 0 Å². The van der Waals surface area contributed by atoms with Crippen LogP contribution in [0.1, 0.15) is 13.8 Å². The monoisotopic (exact) mass is 140 g/mol. The Morgan fingerprint density at radius 1 is 1.33 bits per heavy atom. The molecule has 0 heterocycles. The van der Waals surface area contributed by atoms with Gasteiger partial charge < -0.3 is 0 Å². The number of thiol groups is 1. The molecule has 0 aliphatic rings. The highest BCUT2D eigenvalue weighted by Crippen LogP contribution is 2.09. The van der Waals surface area contributed by atoms with Crippen LogP contribution in [0.2, 0.25) is 0 Å². The standard InChI is InChI=1S/C8H12S/c1-6(2)7(3)5-8(4)9/h5,9H,1,4H2,2-3H3/b7-5+. The molecule has 0 aromatic heterocycles. The van der Waals surface area contributed by atoms with Gasteiger partial charge in [-0.1, -0.05) is 18.7 Å². The Labute approximate surface area is 62.4 Å². The lowest BCUT2D eigenvalue weighted by Gasteiger charge is -1.96. The first-order chi connectivity index (χ1) is 4.04. The van der Waals surface area contributed by atoms with E-state index in [-0.39, 0.29) is 0 Å². The molecular formula is C8H12S. The van der Waals surface area contributed by atoms with Gasteiger partial charge >= 0.3 is 0 Å². The van der Waals surface area contributed by atoms with Crippen LogP contribution in [0.25, 0.3) is 0 Å². The molecule has 50 valence electrons. The zero-order chi connectivity index (χ0) is 7.44. The summed E-state index contributed by atoms with van der Waals surface area (Å²) < 4.78 is 0. The summed E-state index contributed by atoms with van der Waals surface area (Å²) >= 11 is 4.02. The summed E-state index contributed by atoms with van der Waals surface area (Å²) in [6, 6.07) is 0. The van der Waals surface area contributed by atoms with E-state index in [1.165, 1.54) is 0 Å². The van der Waals surface area contributed by atoms with Crippen LogP contribution in [0.3, 0.4) is 0 Å². The van der Waals surface area contributed by atoms with E-state index in [2.05, 4.69) is 25.8 Å². The maximum absolute atomic E-state index is 4.02. The van der Waals surface area contributed by atoms with Crippen molar-refractivity contribution in [3.63, 3.8) is 0 Å². The minimum Gasteiger partial charge on any atom is -0.144 e. The molecule has 0 unspecified atom stereocenters. The highest BCUT2D eigenvalue weighted by atomic mass is 32.1. The number of rotatable bonds is 2. The molecular weight excluding hydrogens is 128 g/mol. The minimum absolute atomic E-state index is 0.774. The highest BCUT2D eigenvalue weighted by molar-refractivity contribution is 7.84. The summed E-state index contributed by atoms with van der Waals surface area (Å²) in [5, 5.41) is 0. The van der Waals surface area contributed by atoms with E-state index in [1.54, 1.807) is 0 Å². The fraction of sp³-hybridized carbons (Fsp3) is 0.250. The fourth-order valence-electron chi connectivity index (χ4n) is 0.373. The van der Waals surface area contributed by atoms with Gasteiger partial charge in [-0.05, 0) is 30.4 Å². The molecule has 0 aliphatic carbocycles. The lowest BCUT2D eigenvalue weighted by molar-refractivity contribution is 1.36. The summed E-state index contributed by atoms with van der Waals surface area (Å²) in [5.41, 5.74) is 2.19. The molecule has 0 N–H and O–H groups in total. The SMILES string of the molecule is C=C(S)/C=C(\C)C(=C)C. The Kier molecular flexibility index (Phi) is 3.40. The topological polar surface area (TPSA) is 0 Å². The average Bonchev–Trinajstić information content (AvgIpc) is 1.63. The van der Waals surface area contributed by atoms with Crippen LogP contribution in [-0.2, 0) is 0 Å². The van der Waals surface area contributed by atoms with Crippen LogP contribution >= 0.6 is 12.6 Å². The maximum Gasteiger partial charge on any atom is -0.00293 e. The molecule has 1 heteroatoms. The first kappa shape index (κ1) is 8.57. The Bertz CT molecular complexity index is 163. The van der Waals surface area contributed by atoms with Crippen molar-refractivity contribution >= 4 is 12.6 Å². The largest absolute Gasteiger partial charge is 0.144 e. The molecule has 0 amide bonds. The third-order valence-electron chi connectivity index (χ3n) is 1.06. The van der Waals surface area contributed by atoms with Crippen molar-refractivity contribution < 1.29 is 0 Å². The Morgan fingerprint density at radius 3 is 1.89 bits per heavy atom. The molecule has 0 saturated heterocycles. The third kappa shape index (κ3) is 4.10. The quantitative estimate of drug-likeness (QED) is 0.442. The molecule has 0 rings (SSSR count). The smallest absolute Gasteiger partial charge is 0.00293 e. The van der Waals surface area contributed by atoms with E-state index in [0.717, 1.165) is 16.1 Å². The summed E-state index contributed by atoms with van der Waals surface area (Å²) in [6.45, 7) is 11.3. The predicted octanol–water partition coefficient (Wildman–Crippen LogP) is 2.95. The van der Waals surface area contributed by atoms with Gasteiger partial charge in [0, 0.05) is 0 Å². The molecule has 0 atom stereocenters. The number of hydrogen-bond donors (Lipinski definition) is 1. The lowest BCUT2D eigenvalue weighted by atomic mass is 10.1. The lowest BCUT2D eigenvalue weighted by Crippen LogP contribution is -1.74. The van der Waals surface area contributed by atoms with Crippen LogP contribution in [-0.4, -0.2) is 0 Å². The summed E-state index contributed by atoms with van der Waals surface area (Å²) in [4.78, 5) is 0.774. The number of allylic oxidation sites excluding steroid dienone is 3. The van der Waals surface area contributed by atoms with Crippen LogP contribution < -0.4 is 0 Å². The summed E-state index contributed by atoms with van der Waals surface area (Å²) in [6.07, 6.45) is 1.89. The van der Waals surface area contributed by atoms with E-state index < -0.39 is 0 Å². The van der Waals surface area contributed by atoms with Gasteiger partial charge in [-0.3, -0.25) is 0 Å². The van der Waals surface area contributed by atoms with E-state index in [0.29, 0.717) is 0 Å². The minimum atomic E-state index is 0.774. The van der Waals surface area contributed by atoms with Crippen molar-refractivity contribution in [3.05, 3.63) is 35.3 Å². The normalized spacial score (nSPS) is 11.2. The van der Waals surface area contributed by atoms with Gasteiger partial charge in [0.05, 0.1) is 0 Å². The van der Waals surface area contributed by atoms with Crippen molar-refractivity contribution in [1.29, 1.82) is 0 Å². The first-order valence-electron chi connectivity index (χ1n) is 2.76. The summed E-state index contributed by atoms with van der Waals surface area (Å²) in [7, 11) is 0. The number of hydrogen-bond acceptors (Lipinski definition) is 1. The van der Waals surface area contributed by atoms with Crippen molar-refractivity contribution in [3.8, 4) is 0 Å². The molecule has 0 saturated carbocycles. The Balaban J connectivity index is 4.17. The molecule has 0 nitrogen and oxygen atoms in total. The molecule has 0 aliphatic heterocycles.